The molecule has 8 heteroatoms. The van der Waals surface area contributed by atoms with Gasteiger partial charge in [0.25, 0.3) is 0 Å². The summed E-state index contributed by atoms with van der Waals surface area (Å²) in [5.74, 6) is 0.196. The summed E-state index contributed by atoms with van der Waals surface area (Å²) in [6.07, 6.45) is 3.44. The summed E-state index contributed by atoms with van der Waals surface area (Å²) in [5.41, 5.74) is 0.482. The number of aromatic nitrogens is 3. The third-order valence-corrected chi connectivity index (χ3v) is 3.90. The van der Waals surface area contributed by atoms with E-state index in [-0.39, 0.29) is 36.7 Å². The predicted octanol–water partition coefficient (Wildman–Crippen LogP) is 1.67. The van der Waals surface area contributed by atoms with Gasteiger partial charge in [-0.25, -0.2) is 18.7 Å². The van der Waals surface area contributed by atoms with Crippen LogP contribution in [0, 0.1) is 5.82 Å². The summed E-state index contributed by atoms with van der Waals surface area (Å²) in [7, 11) is 0. The average Bonchev–Trinajstić information content (AvgIpc) is 3.38. The normalized spacial score (nSPS) is 13.5. The van der Waals surface area contributed by atoms with Crippen LogP contribution in [0.5, 0.6) is 0 Å². The van der Waals surface area contributed by atoms with Gasteiger partial charge >= 0.3 is 11.7 Å². The summed E-state index contributed by atoms with van der Waals surface area (Å²) in [4.78, 5) is 24.1. The van der Waals surface area contributed by atoms with Gasteiger partial charge in [-0.2, -0.15) is 0 Å². The van der Waals surface area contributed by atoms with E-state index in [1.165, 1.54) is 16.8 Å². The molecule has 2 N–H and O–H groups in total. The van der Waals surface area contributed by atoms with E-state index >= 15 is 0 Å². The zero-order chi connectivity index (χ0) is 17.8. The van der Waals surface area contributed by atoms with Gasteiger partial charge in [0, 0.05) is 24.7 Å². The Morgan fingerprint density at radius 3 is 2.68 bits per heavy atom. The predicted molar refractivity (Wildman–Crippen MR) is 91.8 cm³/mol. The van der Waals surface area contributed by atoms with E-state index in [0.717, 1.165) is 12.8 Å². The van der Waals surface area contributed by atoms with Crippen LogP contribution in [0.4, 0.5) is 9.18 Å². The first kappa shape index (κ1) is 16.9. The molecule has 132 valence electrons. The Balaban J connectivity index is 1.76. The summed E-state index contributed by atoms with van der Waals surface area (Å²) < 4.78 is 16.1. The van der Waals surface area contributed by atoms with E-state index in [2.05, 4.69) is 22.3 Å². The maximum atomic E-state index is 13.1. The Morgan fingerprint density at radius 1 is 1.32 bits per heavy atom. The van der Waals surface area contributed by atoms with Crippen molar-refractivity contribution in [3.05, 3.63) is 53.2 Å². The Hall–Kier alpha value is -2.90. The van der Waals surface area contributed by atoms with Crippen LogP contribution in [-0.4, -0.2) is 33.5 Å². The molecule has 1 aromatic heterocycles. The Labute approximate surface area is 144 Å². The zero-order valence-corrected chi connectivity index (χ0v) is 13.7. The Bertz CT molecular complexity index is 821. The van der Waals surface area contributed by atoms with Gasteiger partial charge in [0.2, 0.25) is 0 Å². The van der Waals surface area contributed by atoms with Crippen molar-refractivity contribution in [1.82, 2.24) is 25.0 Å². The second kappa shape index (κ2) is 7.33. The molecular weight excluding hydrogens is 325 g/mol. The van der Waals surface area contributed by atoms with Crippen molar-refractivity contribution in [2.45, 2.75) is 25.4 Å². The Morgan fingerprint density at radius 2 is 2.04 bits per heavy atom. The van der Waals surface area contributed by atoms with Crippen LogP contribution < -0.4 is 16.3 Å². The summed E-state index contributed by atoms with van der Waals surface area (Å²) >= 11 is 0. The van der Waals surface area contributed by atoms with E-state index in [1.807, 2.05) is 0 Å². The largest absolute Gasteiger partial charge is 0.346 e. The van der Waals surface area contributed by atoms with E-state index in [1.54, 1.807) is 22.8 Å². The molecule has 7 nitrogen and oxygen atoms in total. The van der Waals surface area contributed by atoms with Gasteiger partial charge in [-0.1, -0.05) is 6.08 Å². The summed E-state index contributed by atoms with van der Waals surface area (Å²) in [6, 6.07) is 5.74. The number of nitrogens with zero attached hydrogens (tertiary/aromatic N) is 3. The number of hydrogen-bond acceptors (Lipinski definition) is 3. The molecule has 2 aromatic rings. The van der Waals surface area contributed by atoms with Crippen molar-refractivity contribution in [1.29, 1.82) is 0 Å². The summed E-state index contributed by atoms with van der Waals surface area (Å²) in [5, 5.41) is 9.64. The molecule has 1 heterocycles. The molecule has 0 radical (unpaired) electrons. The average molecular weight is 345 g/mol. The van der Waals surface area contributed by atoms with E-state index in [0.29, 0.717) is 17.9 Å². The summed E-state index contributed by atoms with van der Waals surface area (Å²) in [6.45, 7) is 4.42. The van der Waals surface area contributed by atoms with Gasteiger partial charge < -0.3 is 10.6 Å². The van der Waals surface area contributed by atoms with E-state index in [9.17, 15) is 14.0 Å². The first-order valence-electron chi connectivity index (χ1n) is 8.18. The van der Waals surface area contributed by atoms with Crippen LogP contribution in [-0.2, 0) is 6.54 Å². The fourth-order valence-corrected chi connectivity index (χ4v) is 2.53. The minimum absolute atomic E-state index is 0.144. The molecule has 1 saturated carbocycles. The lowest BCUT2D eigenvalue weighted by Gasteiger charge is -2.05. The molecule has 3 rings (SSSR count). The van der Waals surface area contributed by atoms with Crippen LogP contribution in [0.1, 0.15) is 18.9 Å². The van der Waals surface area contributed by atoms with Crippen molar-refractivity contribution in [3.8, 4) is 11.4 Å². The second-order valence-electron chi connectivity index (χ2n) is 5.86. The van der Waals surface area contributed by atoms with Crippen LogP contribution in [0.3, 0.4) is 0 Å². The van der Waals surface area contributed by atoms with Crippen molar-refractivity contribution < 1.29 is 9.18 Å². The molecule has 0 bridgehead atoms. The van der Waals surface area contributed by atoms with E-state index < -0.39 is 0 Å². The van der Waals surface area contributed by atoms with Crippen LogP contribution in [0.25, 0.3) is 11.4 Å². The number of carbonyl (C=O) groups excluding carboxylic acids is 1. The van der Waals surface area contributed by atoms with Gasteiger partial charge in [-0.3, -0.25) is 4.57 Å². The van der Waals surface area contributed by atoms with Crippen LogP contribution in [0.2, 0.25) is 0 Å². The molecule has 0 saturated heterocycles. The van der Waals surface area contributed by atoms with E-state index in [4.69, 9.17) is 0 Å². The maximum absolute atomic E-state index is 13.1. The standard InChI is InChI=1S/C17H20FN5O2/c1-2-9-19-16(24)20-10-11-22-17(25)23(14-7-8-14)15(21-22)12-3-5-13(18)6-4-12/h2-6,14H,1,7-11H2,(H2,19,20,24). The van der Waals surface area contributed by atoms with Gasteiger partial charge in [-0.15, -0.1) is 11.7 Å². The number of rotatable bonds is 7. The molecule has 0 spiro atoms. The SMILES string of the molecule is C=CCNC(=O)NCCn1nc(-c2ccc(F)cc2)n(C2CC2)c1=O. The van der Waals surface area contributed by atoms with Gasteiger partial charge in [-0.05, 0) is 37.1 Å². The Kier molecular flexibility index (Phi) is 4.97. The fraction of sp³-hybridized carbons (Fsp3) is 0.353. The van der Waals surface area contributed by atoms with Crippen LogP contribution in [0.15, 0.2) is 41.7 Å². The number of benzene rings is 1. The monoisotopic (exact) mass is 345 g/mol. The highest BCUT2D eigenvalue weighted by Gasteiger charge is 2.30. The lowest BCUT2D eigenvalue weighted by atomic mass is 10.2. The number of hydrogen-bond donors (Lipinski definition) is 2. The quantitative estimate of drug-likeness (QED) is 0.749. The minimum Gasteiger partial charge on any atom is -0.336 e. The molecule has 0 unspecified atom stereocenters. The minimum atomic E-state index is -0.335. The molecule has 1 aromatic carbocycles. The van der Waals surface area contributed by atoms with Gasteiger partial charge in [0.1, 0.15) is 5.82 Å². The molecule has 1 aliphatic rings. The highest BCUT2D eigenvalue weighted by atomic mass is 19.1. The van der Waals surface area contributed by atoms with Gasteiger partial charge in [0.05, 0.1) is 6.54 Å². The molecule has 2 amide bonds. The third-order valence-electron chi connectivity index (χ3n) is 3.90. The van der Waals surface area contributed by atoms with Crippen molar-refractivity contribution in [3.63, 3.8) is 0 Å². The topological polar surface area (TPSA) is 81.0 Å². The number of amides is 2. The molecule has 1 fully saturated rings. The lowest BCUT2D eigenvalue weighted by Crippen LogP contribution is -2.38. The van der Waals surface area contributed by atoms with Crippen molar-refractivity contribution in [2.24, 2.45) is 0 Å². The second-order valence-corrected chi connectivity index (χ2v) is 5.86. The van der Waals surface area contributed by atoms with Gasteiger partial charge in [0.15, 0.2) is 5.82 Å². The first-order chi connectivity index (χ1) is 12.1. The number of halogens is 1. The van der Waals surface area contributed by atoms with Crippen molar-refractivity contribution >= 4 is 6.03 Å². The smallest absolute Gasteiger partial charge is 0.336 e. The highest BCUT2D eigenvalue weighted by molar-refractivity contribution is 5.73. The molecule has 1 aliphatic carbocycles. The molecule has 0 atom stereocenters. The molecular formula is C17H20FN5O2. The fourth-order valence-electron chi connectivity index (χ4n) is 2.53. The first-order valence-corrected chi connectivity index (χ1v) is 8.18. The number of urea groups is 1. The molecule has 0 aliphatic heterocycles. The van der Waals surface area contributed by atoms with Crippen molar-refractivity contribution in [2.75, 3.05) is 13.1 Å². The lowest BCUT2D eigenvalue weighted by molar-refractivity contribution is 0.241. The third kappa shape index (κ3) is 3.96. The molecule has 25 heavy (non-hydrogen) atoms. The highest BCUT2D eigenvalue weighted by Crippen LogP contribution is 2.36. The maximum Gasteiger partial charge on any atom is 0.346 e. The number of nitrogens with one attached hydrogen (secondary N) is 2. The zero-order valence-electron chi connectivity index (χ0n) is 13.7. The van der Waals surface area contributed by atoms with Crippen LogP contribution >= 0.6 is 0 Å². The number of carbonyl (C=O) groups is 1.